The van der Waals surface area contributed by atoms with E-state index in [0.29, 0.717) is 17.8 Å². The van der Waals surface area contributed by atoms with Crippen molar-refractivity contribution in [1.82, 2.24) is 9.47 Å². The molecule has 2 unspecified atom stereocenters. The van der Waals surface area contributed by atoms with Crippen molar-refractivity contribution in [1.29, 1.82) is 0 Å². The van der Waals surface area contributed by atoms with Crippen LogP contribution in [0.2, 0.25) is 0 Å². The van der Waals surface area contributed by atoms with Crippen LogP contribution in [0.5, 0.6) is 0 Å². The van der Waals surface area contributed by atoms with Crippen LogP contribution in [0.15, 0.2) is 12.3 Å². The van der Waals surface area contributed by atoms with Gasteiger partial charge in [0.25, 0.3) is 5.91 Å². The molecular weight excluding hydrogens is 256 g/mol. The molecule has 1 saturated heterocycles. The summed E-state index contributed by atoms with van der Waals surface area (Å²) in [6, 6.07) is 1.82. The van der Waals surface area contributed by atoms with E-state index in [9.17, 15) is 14.7 Å². The molecule has 0 aliphatic carbocycles. The van der Waals surface area contributed by atoms with Gasteiger partial charge in [-0.15, -0.1) is 0 Å². The summed E-state index contributed by atoms with van der Waals surface area (Å²) in [5, 5.41) is 9.29. The number of aryl methyl sites for hydroxylation is 1. The summed E-state index contributed by atoms with van der Waals surface area (Å²) in [7, 11) is 1.78. The minimum Gasteiger partial charge on any atom is -0.396 e. The van der Waals surface area contributed by atoms with Crippen LogP contribution in [-0.2, 0) is 7.05 Å². The Morgan fingerprint density at radius 3 is 2.65 bits per heavy atom. The van der Waals surface area contributed by atoms with Gasteiger partial charge in [-0.3, -0.25) is 9.59 Å². The summed E-state index contributed by atoms with van der Waals surface area (Å²) in [6.45, 7) is 4.22. The average Bonchev–Trinajstić information content (AvgIpc) is 2.81. The third-order valence-corrected chi connectivity index (χ3v) is 4.13. The number of hydrogen-bond acceptors (Lipinski definition) is 3. The monoisotopic (exact) mass is 278 g/mol. The van der Waals surface area contributed by atoms with Crippen molar-refractivity contribution < 1.29 is 14.7 Å². The highest BCUT2D eigenvalue weighted by atomic mass is 16.3. The van der Waals surface area contributed by atoms with Crippen LogP contribution in [0.3, 0.4) is 0 Å². The van der Waals surface area contributed by atoms with Gasteiger partial charge in [0.05, 0.1) is 0 Å². The van der Waals surface area contributed by atoms with Gasteiger partial charge in [-0.25, -0.2) is 0 Å². The molecule has 1 aliphatic heterocycles. The number of aromatic nitrogens is 1. The van der Waals surface area contributed by atoms with E-state index in [4.69, 9.17) is 0 Å². The molecule has 1 aromatic heterocycles. The first-order valence-electron chi connectivity index (χ1n) is 7.03. The zero-order valence-corrected chi connectivity index (χ0v) is 12.3. The van der Waals surface area contributed by atoms with Crippen molar-refractivity contribution in [2.45, 2.75) is 32.7 Å². The van der Waals surface area contributed by atoms with Crippen molar-refractivity contribution in [2.75, 3.05) is 13.2 Å². The molecule has 2 heterocycles. The van der Waals surface area contributed by atoms with Gasteiger partial charge in [-0.05, 0) is 38.7 Å². The van der Waals surface area contributed by atoms with E-state index in [1.54, 1.807) is 23.9 Å². The van der Waals surface area contributed by atoms with Gasteiger partial charge in [-0.2, -0.15) is 0 Å². The maximum absolute atomic E-state index is 12.6. The van der Waals surface area contributed by atoms with Crippen molar-refractivity contribution in [3.63, 3.8) is 0 Å². The lowest BCUT2D eigenvalue weighted by molar-refractivity contribution is 0.0480. The van der Waals surface area contributed by atoms with Crippen molar-refractivity contribution >= 4 is 11.7 Å². The molecule has 1 amide bonds. The lowest BCUT2D eigenvalue weighted by Crippen LogP contribution is -2.46. The quantitative estimate of drug-likeness (QED) is 0.851. The number of amides is 1. The van der Waals surface area contributed by atoms with Crippen LogP contribution in [0.25, 0.3) is 0 Å². The van der Waals surface area contributed by atoms with E-state index in [0.717, 1.165) is 12.8 Å². The molecular formula is C15H22N2O3. The Hall–Kier alpha value is -1.62. The molecule has 2 rings (SSSR count). The number of likely N-dealkylation sites (tertiary alicyclic amines) is 1. The predicted octanol–water partition coefficient (Wildman–Crippen LogP) is 1.46. The number of nitrogens with zero attached hydrogens (tertiary/aromatic N) is 2. The number of carbonyl (C=O) groups is 2. The topological polar surface area (TPSA) is 62.5 Å². The van der Waals surface area contributed by atoms with Crippen LogP contribution in [0, 0.1) is 5.92 Å². The summed E-state index contributed by atoms with van der Waals surface area (Å²) in [4.78, 5) is 25.9. The Bertz CT molecular complexity index is 521. The Balaban J connectivity index is 2.23. The number of ketones is 1. The Labute approximate surface area is 119 Å². The second-order valence-electron chi connectivity index (χ2n) is 5.71. The van der Waals surface area contributed by atoms with Gasteiger partial charge >= 0.3 is 0 Å². The highest BCUT2D eigenvalue weighted by Crippen LogP contribution is 2.24. The molecule has 1 N–H and O–H groups in total. The average molecular weight is 278 g/mol. The first kappa shape index (κ1) is 14.8. The predicted molar refractivity (Wildman–Crippen MR) is 75.7 cm³/mol. The van der Waals surface area contributed by atoms with E-state index in [-0.39, 0.29) is 30.3 Å². The van der Waals surface area contributed by atoms with Crippen molar-refractivity contribution in [3.8, 4) is 0 Å². The minimum absolute atomic E-state index is 0.0421. The Morgan fingerprint density at radius 2 is 2.10 bits per heavy atom. The fourth-order valence-electron chi connectivity index (χ4n) is 2.73. The Morgan fingerprint density at radius 1 is 1.40 bits per heavy atom. The lowest BCUT2D eigenvalue weighted by atomic mass is 9.94. The summed E-state index contributed by atoms with van der Waals surface area (Å²) in [6.07, 6.45) is 3.54. The summed E-state index contributed by atoms with van der Waals surface area (Å²) in [5.74, 6) is 0.0490. The van der Waals surface area contributed by atoms with E-state index in [1.165, 1.54) is 6.92 Å². The second kappa shape index (κ2) is 5.79. The largest absolute Gasteiger partial charge is 0.396 e. The fourth-order valence-corrected chi connectivity index (χ4v) is 2.73. The third-order valence-electron chi connectivity index (χ3n) is 4.13. The molecule has 0 saturated carbocycles. The molecule has 0 bridgehead atoms. The highest BCUT2D eigenvalue weighted by Gasteiger charge is 2.30. The number of carbonyl (C=O) groups excluding carboxylic acids is 2. The van der Waals surface area contributed by atoms with Crippen molar-refractivity contribution in [3.05, 3.63) is 23.5 Å². The number of rotatable bonds is 3. The van der Waals surface area contributed by atoms with E-state index < -0.39 is 0 Å². The first-order chi connectivity index (χ1) is 9.43. The summed E-state index contributed by atoms with van der Waals surface area (Å²) in [5.41, 5.74) is 1.08. The number of piperidine rings is 1. The second-order valence-corrected chi connectivity index (χ2v) is 5.71. The molecule has 110 valence electrons. The third kappa shape index (κ3) is 2.77. The number of aliphatic hydroxyl groups excluding tert-OH is 1. The van der Waals surface area contributed by atoms with E-state index in [1.807, 2.05) is 11.8 Å². The van der Waals surface area contributed by atoms with Gasteiger partial charge in [0.2, 0.25) is 0 Å². The van der Waals surface area contributed by atoms with Gasteiger partial charge < -0.3 is 14.6 Å². The van der Waals surface area contributed by atoms with Gasteiger partial charge in [0.1, 0.15) is 5.69 Å². The smallest absolute Gasteiger partial charge is 0.270 e. The van der Waals surface area contributed by atoms with Crippen LogP contribution < -0.4 is 0 Å². The van der Waals surface area contributed by atoms with Gasteiger partial charge in [-0.1, -0.05) is 0 Å². The van der Waals surface area contributed by atoms with Gasteiger partial charge in [0, 0.05) is 38.0 Å². The maximum atomic E-state index is 12.6. The van der Waals surface area contributed by atoms with Gasteiger partial charge in [0.15, 0.2) is 5.78 Å². The molecule has 0 radical (unpaired) electrons. The summed E-state index contributed by atoms with van der Waals surface area (Å²) >= 11 is 0. The standard InChI is InChI=1S/C15H22N2O3/c1-10-4-5-12(9-18)7-17(10)15(20)14-6-13(11(2)19)8-16(14)3/h6,8,10,12,18H,4-5,7,9H2,1-3H3. The molecule has 1 fully saturated rings. The molecule has 0 spiro atoms. The lowest BCUT2D eigenvalue weighted by Gasteiger charge is -2.37. The van der Waals surface area contributed by atoms with Crippen LogP contribution in [-0.4, -0.2) is 45.5 Å². The molecule has 20 heavy (non-hydrogen) atoms. The normalized spacial score (nSPS) is 22.9. The molecule has 5 nitrogen and oxygen atoms in total. The first-order valence-corrected chi connectivity index (χ1v) is 7.03. The molecule has 2 atom stereocenters. The number of aliphatic hydroxyl groups is 1. The minimum atomic E-state index is -0.0642. The maximum Gasteiger partial charge on any atom is 0.270 e. The van der Waals surface area contributed by atoms with E-state index in [2.05, 4.69) is 0 Å². The zero-order valence-electron chi connectivity index (χ0n) is 12.3. The fraction of sp³-hybridized carbons (Fsp3) is 0.600. The van der Waals surface area contributed by atoms with Crippen molar-refractivity contribution in [2.24, 2.45) is 13.0 Å². The molecule has 1 aromatic rings. The SMILES string of the molecule is CC(=O)c1cc(C(=O)N2CC(CO)CCC2C)n(C)c1. The Kier molecular flexibility index (Phi) is 4.28. The molecule has 1 aliphatic rings. The number of hydrogen-bond donors (Lipinski definition) is 1. The number of Topliss-reactive ketones (excluding diaryl/α,β-unsaturated/α-hetero) is 1. The zero-order chi connectivity index (χ0) is 14.9. The van der Waals surface area contributed by atoms with E-state index >= 15 is 0 Å². The molecule has 0 aromatic carbocycles. The molecule has 5 heteroatoms. The van der Waals surface area contributed by atoms with Crippen LogP contribution in [0.1, 0.15) is 47.5 Å². The van der Waals surface area contributed by atoms with Crippen LogP contribution >= 0.6 is 0 Å². The van der Waals surface area contributed by atoms with Crippen LogP contribution in [0.4, 0.5) is 0 Å². The summed E-state index contributed by atoms with van der Waals surface area (Å²) < 4.78 is 1.70. The highest BCUT2D eigenvalue weighted by molar-refractivity contribution is 5.99.